The van der Waals surface area contributed by atoms with E-state index in [1.165, 1.54) is 11.3 Å². The van der Waals surface area contributed by atoms with Gasteiger partial charge in [-0.25, -0.2) is 4.79 Å². The number of nitriles is 1. The van der Waals surface area contributed by atoms with Gasteiger partial charge < -0.3 is 24.6 Å². The molecule has 10 heteroatoms. The summed E-state index contributed by atoms with van der Waals surface area (Å²) in [7, 11) is 1.61. The van der Waals surface area contributed by atoms with Crippen LogP contribution in [0.1, 0.15) is 58.7 Å². The minimum atomic E-state index is -0.533. The molecule has 0 fully saturated rings. The van der Waals surface area contributed by atoms with Gasteiger partial charge in [-0.05, 0) is 48.9 Å². The predicted octanol–water partition coefficient (Wildman–Crippen LogP) is 4.84. The predicted molar refractivity (Wildman–Crippen MR) is 134 cm³/mol. The maximum absolute atomic E-state index is 12.8. The molecular weight excluding hydrogens is 480 g/mol. The van der Waals surface area contributed by atoms with Crippen LogP contribution in [-0.4, -0.2) is 30.4 Å². The highest BCUT2D eigenvalue weighted by molar-refractivity contribution is 7.16. The van der Waals surface area contributed by atoms with Gasteiger partial charge in [0, 0.05) is 23.8 Å². The van der Waals surface area contributed by atoms with E-state index in [1.807, 2.05) is 31.2 Å². The van der Waals surface area contributed by atoms with Crippen molar-refractivity contribution in [3.05, 3.63) is 63.4 Å². The summed E-state index contributed by atoms with van der Waals surface area (Å²) in [4.78, 5) is 26.0. The standard InChI is InChI=1S/C26H28N4O5S/c1-15(17-5-4-6-18(11-17)33-3)9-24(31)29-25-22(13-27)21-8-7-19(12-23(21)36-25)34-26(32)28-14-20-10-16(2)30-35-20/h4-6,10-11,15,19H,7-9,12,14H2,1-3H3,(H,28,32)(H,29,31). The molecule has 2 amide bonds. The fraction of sp³-hybridized carbons (Fsp3) is 0.385. The Hall–Kier alpha value is -3.84. The first-order valence-electron chi connectivity index (χ1n) is 11.7. The second kappa shape index (κ2) is 11.3. The van der Waals surface area contributed by atoms with Crippen molar-refractivity contribution in [2.24, 2.45) is 0 Å². The van der Waals surface area contributed by atoms with Gasteiger partial charge in [0.2, 0.25) is 5.91 Å². The van der Waals surface area contributed by atoms with Crippen LogP contribution in [0.5, 0.6) is 5.75 Å². The highest BCUT2D eigenvalue weighted by Gasteiger charge is 2.28. The van der Waals surface area contributed by atoms with Gasteiger partial charge >= 0.3 is 6.09 Å². The zero-order valence-electron chi connectivity index (χ0n) is 20.4. The van der Waals surface area contributed by atoms with Crippen LogP contribution in [0.25, 0.3) is 0 Å². The number of nitrogens with zero attached hydrogens (tertiary/aromatic N) is 2. The van der Waals surface area contributed by atoms with Gasteiger partial charge in [0.15, 0.2) is 5.76 Å². The molecule has 2 heterocycles. The molecule has 2 atom stereocenters. The van der Waals surface area contributed by atoms with E-state index < -0.39 is 6.09 Å². The molecule has 0 radical (unpaired) electrons. The van der Waals surface area contributed by atoms with Crippen molar-refractivity contribution in [2.45, 2.75) is 58.1 Å². The number of nitrogens with one attached hydrogen (secondary N) is 2. The lowest BCUT2D eigenvalue weighted by molar-refractivity contribution is -0.116. The normalized spacial score (nSPS) is 15.3. The van der Waals surface area contributed by atoms with E-state index in [0.29, 0.717) is 35.6 Å². The quantitative estimate of drug-likeness (QED) is 0.446. The molecule has 0 saturated carbocycles. The van der Waals surface area contributed by atoms with Gasteiger partial charge in [-0.15, -0.1) is 11.3 Å². The second-order valence-corrected chi connectivity index (χ2v) is 9.91. The largest absolute Gasteiger partial charge is 0.497 e. The fourth-order valence-electron chi connectivity index (χ4n) is 4.24. The highest BCUT2D eigenvalue weighted by atomic mass is 32.1. The summed E-state index contributed by atoms with van der Waals surface area (Å²) in [5.74, 6) is 1.12. The number of benzene rings is 1. The maximum Gasteiger partial charge on any atom is 0.407 e. The number of hydrogen-bond acceptors (Lipinski definition) is 8. The van der Waals surface area contributed by atoms with Crippen LogP contribution in [0, 0.1) is 18.3 Å². The molecule has 4 rings (SSSR count). The molecule has 3 aromatic rings. The Morgan fingerprint density at radius 1 is 1.36 bits per heavy atom. The molecule has 0 spiro atoms. The molecule has 2 unspecified atom stereocenters. The van der Waals surface area contributed by atoms with Crippen molar-refractivity contribution < 1.29 is 23.6 Å². The molecule has 36 heavy (non-hydrogen) atoms. The summed E-state index contributed by atoms with van der Waals surface area (Å²) < 4.78 is 15.9. The van der Waals surface area contributed by atoms with Gasteiger partial charge in [-0.3, -0.25) is 4.79 Å². The second-order valence-electron chi connectivity index (χ2n) is 8.81. The number of alkyl carbamates (subject to hydrolysis) is 1. The molecule has 2 N–H and O–H groups in total. The molecule has 0 aliphatic heterocycles. The number of hydrogen-bond donors (Lipinski definition) is 2. The first-order chi connectivity index (χ1) is 17.4. The number of amides is 2. The van der Waals surface area contributed by atoms with Gasteiger partial charge in [-0.2, -0.15) is 5.26 Å². The smallest absolute Gasteiger partial charge is 0.407 e. The molecule has 188 valence electrons. The number of carbonyl (C=O) groups is 2. The molecule has 1 aliphatic rings. The van der Waals surface area contributed by atoms with Crippen molar-refractivity contribution in [2.75, 3.05) is 12.4 Å². The summed E-state index contributed by atoms with van der Waals surface area (Å²) in [6, 6.07) is 11.6. The number of aryl methyl sites for hydroxylation is 1. The summed E-state index contributed by atoms with van der Waals surface area (Å²) in [5.41, 5.74) is 3.17. The minimum absolute atomic E-state index is 0.0163. The molecule has 1 aromatic carbocycles. The molecule has 9 nitrogen and oxygen atoms in total. The Balaban J connectivity index is 1.35. The average Bonchev–Trinajstić information content (AvgIpc) is 3.44. The lowest BCUT2D eigenvalue weighted by Crippen LogP contribution is -2.31. The fourth-order valence-corrected chi connectivity index (χ4v) is 5.51. The number of methoxy groups -OCH3 is 1. The first kappa shape index (κ1) is 25.3. The van der Waals surface area contributed by atoms with E-state index >= 15 is 0 Å². The zero-order chi connectivity index (χ0) is 25.7. The minimum Gasteiger partial charge on any atom is -0.497 e. The third kappa shape index (κ3) is 6.04. The van der Waals surface area contributed by atoms with Crippen LogP contribution in [0.2, 0.25) is 0 Å². The number of thiophene rings is 1. The number of rotatable bonds is 8. The van der Waals surface area contributed by atoms with E-state index in [0.717, 1.165) is 27.4 Å². The van der Waals surface area contributed by atoms with Gasteiger partial charge in [0.05, 0.1) is 24.9 Å². The Morgan fingerprint density at radius 2 is 2.19 bits per heavy atom. The van der Waals surface area contributed by atoms with E-state index in [1.54, 1.807) is 20.1 Å². The monoisotopic (exact) mass is 508 g/mol. The van der Waals surface area contributed by atoms with Crippen molar-refractivity contribution in [1.29, 1.82) is 5.26 Å². The Kier molecular flexibility index (Phi) is 7.90. The van der Waals surface area contributed by atoms with Crippen molar-refractivity contribution >= 4 is 28.3 Å². The van der Waals surface area contributed by atoms with Crippen LogP contribution >= 0.6 is 11.3 Å². The number of aromatic nitrogens is 1. The lowest BCUT2D eigenvalue weighted by atomic mass is 9.93. The third-order valence-electron chi connectivity index (χ3n) is 6.10. The highest BCUT2D eigenvalue weighted by Crippen LogP contribution is 2.38. The van der Waals surface area contributed by atoms with Crippen LogP contribution in [-0.2, 0) is 28.9 Å². The first-order valence-corrected chi connectivity index (χ1v) is 12.5. The topological polar surface area (TPSA) is 126 Å². The number of fused-ring (bicyclic) bond motifs is 1. The molecule has 0 saturated heterocycles. The van der Waals surface area contributed by atoms with Crippen LogP contribution in [0.15, 0.2) is 34.9 Å². The van der Waals surface area contributed by atoms with Gasteiger partial charge in [0.25, 0.3) is 0 Å². The lowest BCUT2D eigenvalue weighted by Gasteiger charge is -2.22. The van der Waals surface area contributed by atoms with Crippen LogP contribution in [0.3, 0.4) is 0 Å². The van der Waals surface area contributed by atoms with E-state index in [-0.39, 0.29) is 30.9 Å². The molecular formula is C26H28N4O5S. The zero-order valence-corrected chi connectivity index (χ0v) is 21.2. The number of carbonyl (C=O) groups excluding carboxylic acids is 2. The van der Waals surface area contributed by atoms with Crippen LogP contribution < -0.4 is 15.4 Å². The molecule has 0 bridgehead atoms. The summed E-state index contributed by atoms with van der Waals surface area (Å²) in [6.07, 6.45) is 1.14. The third-order valence-corrected chi connectivity index (χ3v) is 7.27. The SMILES string of the molecule is COc1cccc(C(C)CC(=O)Nc2sc3c(c2C#N)CCC(OC(=O)NCc2cc(C)no2)C3)c1. The van der Waals surface area contributed by atoms with Crippen molar-refractivity contribution in [1.82, 2.24) is 10.5 Å². The van der Waals surface area contributed by atoms with Crippen molar-refractivity contribution in [3.63, 3.8) is 0 Å². The average molecular weight is 509 g/mol. The summed E-state index contributed by atoms with van der Waals surface area (Å²) in [5, 5.41) is 19.7. The van der Waals surface area contributed by atoms with E-state index in [2.05, 4.69) is 21.9 Å². The number of anilines is 1. The molecule has 1 aliphatic carbocycles. The maximum atomic E-state index is 12.8. The van der Waals surface area contributed by atoms with Gasteiger partial charge in [-0.1, -0.05) is 24.2 Å². The summed E-state index contributed by atoms with van der Waals surface area (Å²) >= 11 is 1.38. The Bertz CT molecular complexity index is 1290. The Labute approximate surface area is 213 Å². The number of ether oxygens (including phenoxy) is 2. The Morgan fingerprint density at radius 3 is 2.92 bits per heavy atom. The molecule has 2 aromatic heterocycles. The van der Waals surface area contributed by atoms with Crippen LogP contribution in [0.4, 0.5) is 9.80 Å². The summed E-state index contributed by atoms with van der Waals surface area (Å²) in [6.45, 7) is 3.98. The van der Waals surface area contributed by atoms with Gasteiger partial charge in [0.1, 0.15) is 22.9 Å². The van der Waals surface area contributed by atoms with Crippen molar-refractivity contribution in [3.8, 4) is 11.8 Å². The van der Waals surface area contributed by atoms with E-state index in [9.17, 15) is 14.9 Å². The van der Waals surface area contributed by atoms with E-state index in [4.69, 9.17) is 14.0 Å².